The standard InChI is InChI=1S/C28H27Cl2N3O3/c1-20(36-26-13-8-22(29)19-25(26)30)28(35)31-23-9-11-24(12-10-23)32-15-17-33(18-16-32)27(34)14-7-21-5-3-2-4-6-21/h2-14,19-20H,15-18H2,1H3,(H,31,35)/b14-7+/t20-/m0/s1. The number of hydrogen-bond acceptors (Lipinski definition) is 4. The molecular formula is C28H27Cl2N3O3. The third-order valence-electron chi connectivity index (χ3n) is 5.88. The number of hydrogen-bond donors (Lipinski definition) is 1. The Kier molecular flexibility index (Phi) is 8.52. The van der Waals surface area contributed by atoms with E-state index in [4.69, 9.17) is 27.9 Å². The van der Waals surface area contributed by atoms with Crippen molar-refractivity contribution < 1.29 is 14.3 Å². The zero-order chi connectivity index (χ0) is 25.5. The fourth-order valence-electron chi connectivity index (χ4n) is 3.84. The zero-order valence-electron chi connectivity index (χ0n) is 19.9. The van der Waals surface area contributed by atoms with Crippen LogP contribution >= 0.6 is 23.2 Å². The van der Waals surface area contributed by atoms with Crippen LogP contribution in [0.25, 0.3) is 6.08 Å². The van der Waals surface area contributed by atoms with Gasteiger partial charge in [-0.3, -0.25) is 9.59 Å². The Labute approximate surface area is 221 Å². The molecule has 1 aliphatic rings. The molecule has 1 fully saturated rings. The summed E-state index contributed by atoms with van der Waals surface area (Å²) in [5.41, 5.74) is 2.71. The van der Waals surface area contributed by atoms with Crippen molar-refractivity contribution in [1.82, 2.24) is 4.90 Å². The molecule has 0 aromatic heterocycles. The maximum Gasteiger partial charge on any atom is 0.265 e. The minimum absolute atomic E-state index is 0.0211. The number of carbonyl (C=O) groups excluding carboxylic acids is 2. The predicted octanol–water partition coefficient (Wildman–Crippen LogP) is 5.76. The van der Waals surface area contributed by atoms with Crippen molar-refractivity contribution in [3.05, 3.63) is 94.5 Å². The Bertz CT molecular complexity index is 1220. The van der Waals surface area contributed by atoms with E-state index in [-0.39, 0.29) is 11.8 Å². The number of carbonyl (C=O) groups is 2. The van der Waals surface area contributed by atoms with E-state index in [9.17, 15) is 9.59 Å². The lowest BCUT2D eigenvalue weighted by molar-refractivity contribution is -0.126. The first-order valence-corrected chi connectivity index (χ1v) is 12.4. The molecule has 0 radical (unpaired) electrons. The first kappa shape index (κ1) is 25.6. The minimum Gasteiger partial charge on any atom is -0.479 e. The van der Waals surface area contributed by atoms with Gasteiger partial charge in [-0.1, -0.05) is 53.5 Å². The molecule has 1 aliphatic heterocycles. The van der Waals surface area contributed by atoms with Crippen molar-refractivity contribution in [2.45, 2.75) is 13.0 Å². The molecule has 186 valence electrons. The van der Waals surface area contributed by atoms with Gasteiger partial charge in [-0.05, 0) is 61.0 Å². The SMILES string of the molecule is C[C@H](Oc1ccc(Cl)cc1Cl)C(=O)Nc1ccc(N2CCN(C(=O)/C=C/c3ccccc3)CC2)cc1. The molecule has 6 nitrogen and oxygen atoms in total. The Morgan fingerprint density at radius 2 is 1.64 bits per heavy atom. The van der Waals surface area contributed by atoms with Crippen molar-refractivity contribution >= 4 is 52.5 Å². The average molecular weight is 524 g/mol. The van der Waals surface area contributed by atoms with Crippen molar-refractivity contribution in [3.8, 4) is 5.75 Å². The summed E-state index contributed by atoms with van der Waals surface area (Å²) in [5, 5.41) is 3.71. The van der Waals surface area contributed by atoms with E-state index in [1.54, 1.807) is 31.2 Å². The Balaban J connectivity index is 1.26. The number of nitrogens with zero attached hydrogens (tertiary/aromatic N) is 2. The number of ether oxygens (including phenoxy) is 1. The summed E-state index contributed by atoms with van der Waals surface area (Å²) >= 11 is 12.0. The molecule has 1 atom stereocenters. The highest BCUT2D eigenvalue weighted by Gasteiger charge is 2.20. The zero-order valence-corrected chi connectivity index (χ0v) is 21.4. The van der Waals surface area contributed by atoms with Gasteiger partial charge < -0.3 is 19.9 Å². The normalized spacial score (nSPS) is 14.5. The second kappa shape index (κ2) is 12.0. The predicted molar refractivity (Wildman–Crippen MR) is 146 cm³/mol. The van der Waals surface area contributed by atoms with E-state index < -0.39 is 6.10 Å². The van der Waals surface area contributed by atoms with Gasteiger partial charge in [0.2, 0.25) is 5.91 Å². The van der Waals surface area contributed by atoms with Crippen molar-refractivity contribution in [3.63, 3.8) is 0 Å². The first-order valence-electron chi connectivity index (χ1n) is 11.7. The Morgan fingerprint density at radius 1 is 0.944 bits per heavy atom. The maximum absolute atomic E-state index is 12.6. The molecule has 0 aliphatic carbocycles. The molecule has 3 aromatic rings. The highest BCUT2D eigenvalue weighted by atomic mass is 35.5. The van der Waals surface area contributed by atoms with Gasteiger partial charge in [0.1, 0.15) is 5.75 Å². The average Bonchev–Trinajstić information content (AvgIpc) is 2.90. The second-order valence-corrected chi connectivity index (χ2v) is 9.27. The molecule has 1 saturated heterocycles. The lowest BCUT2D eigenvalue weighted by Gasteiger charge is -2.35. The van der Waals surface area contributed by atoms with Crippen LogP contribution in [0.5, 0.6) is 5.75 Å². The number of piperazine rings is 1. The van der Waals surface area contributed by atoms with Crippen LogP contribution in [0.15, 0.2) is 78.9 Å². The topological polar surface area (TPSA) is 61.9 Å². The quantitative estimate of drug-likeness (QED) is 0.400. The van der Waals surface area contributed by atoms with Crippen LogP contribution in [0.2, 0.25) is 10.0 Å². The van der Waals surface area contributed by atoms with E-state index in [2.05, 4.69) is 10.2 Å². The van der Waals surface area contributed by atoms with Gasteiger partial charge >= 0.3 is 0 Å². The molecule has 0 spiro atoms. The number of amides is 2. The summed E-state index contributed by atoms with van der Waals surface area (Å²) in [7, 11) is 0. The number of benzene rings is 3. The third kappa shape index (κ3) is 6.80. The summed E-state index contributed by atoms with van der Waals surface area (Å²) in [6.07, 6.45) is 2.73. The summed E-state index contributed by atoms with van der Waals surface area (Å²) in [4.78, 5) is 29.2. The molecule has 0 bridgehead atoms. The molecule has 0 unspecified atom stereocenters. The number of halogens is 2. The van der Waals surface area contributed by atoms with E-state index in [1.807, 2.05) is 65.6 Å². The van der Waals surface area contributed by atoms with Crippen molar-refractivity contribution in [2.75, 3.05) is 36.4 Å². The first-order chi connectivity index (χ1) is 17.4. The molecule has 4 rings (SSSR count). The van der Waals surface area contributed by atoms with Gasteiger partial charge in [0.25, 0.3) is 5.91 Å². The fourth-order valence-corrected chi connectivity index (χ4v) is 4.29. The second-order valence-electron chi connectivity index (χ2n) is 8.43. The number of nitrogens with one attached hydrogen (secondary N) is 1. The summed E-state index contributed by atoms with van der Waals surface area (Å²) in [5.74, 6) is 0.129. The number of rotatable bonds is 7. The van der Waals surface area contributed by atoms with Crippen molar-refractivity contribution in [1.29, 1.82) is 0 Å². The summed E-state index contributed by atoms with van der Waals surface area (Å²) in [6.45, 7) is 4.44. The molecular weight excluding hydrogens is 497 g/mol. The molecule has 3 aromatic carbocycles. The molecule has 36 heavy (non-hydrogen) atoms. The van der Waals surface area contributed by atoms with E-state index >= 15 is 0 Å². The number of anilines is 2. The maximum atomic E-state index is 12.6. The van der Waals surface area contributed by atoms with Gasteiger partial charge in [0, 0.05) is 48.7 Å². The van der Waals surface area contributed by atoms with Gasteiger partial charge in [0.15, 0.2) is 6.10 Å². The summed E-state index contributed by atoms with van der Waals surface area (Å²) < 4.78 is 5.68. The van der Waals surface area contributed by atoms with Crippen LogP contribution in [0.4, 0.5) is 11.4 Å². The van der Waals surface area contributed by atoms with Crippen LogP contribution in [0.3, 0.4) is 0 Å². The minimum atomic E-state index is -0.745. The lowest BCUT2D eigenvalue weighted by Crippen LogP contribution is -2.48. The molecule has 1 heterocycles. The summed E-state index contributed by atoms with van der Waals surface area (Å²) in [6, 6.07) is 22.3. The van der Waals surface area contributed by atoms with E-state index in [0.717, 1.165) is 24.3 Å². The highest BCUT2D eigenvalue weighted by Crippen LogP contribution is 2.28. The fraction of sp³-hybridized carbons (Fsp3) is 0.214. The van der Waals surface area contributed by atoms with Crippen LogP contribution in [-0.4, -0.2) is 49.0 Å². The van der Waals surface area contributed by atoms with Crippen LogP contribution in [0.1, 0.15) is 12.5 Å². The molecule has 1 N–H and O–H groups in total. The molecule has 0 saturated carbocycles. The van der Waals surface area contributed by atoms with Gasteiger partial charge in [-0.2, -0.15) is 0 Å². The van der Waals surface area contributed by atoms with E-state index in [0.29, 0.717) is 34.6 Å². The van der Waals surface area contributed by atoms with Crippen LogP contribution < -0.4 is 15.0 Å². The van der Waals surface area contributed by atoms with Crippen LogP contribution in [0, 0.1) is 0 Å². The van der Waals surface area contributed by atoms with E-state index in [1.165, 1.54) is 0 Å². The smallest absolute Gasteiger partial charge is 0.265 e. The van der Waals surface area contributed by atoms with Gasteiger partial charge in [0.05, 0.1) is 5.02 Å². The van der Waals surface area contributed by atoms with Crippen molar-refractivity contribution in [2.24, 2.45) is 0 Å². The van der Waals surface area contributed by atoms with Gasteiger partial charge in [-0.25, -0.2) is 0 Å². The Hall–Kier alpha value is -3.48. The molecule has 2 amide bonds. The van der Waals surface area contributed by atoms with Crippen LogP contribution in [-0.2, 0) is 9.59 Å². The largest absolute Gasteiger partial charge is 0.479 e. The lowest BCUT2D eigenvalue weighted by atomic mass is 10.2. The monoisotopic (exact) mass is 523 g/mol. The highest BCUT2D eigenvalue weighted by molar-refractivity contribution is 6.35. The molecule has 8 heteroatoms. The Morgan fingerprint density at radius 3 is 2.31 bits per heavy atom. The third-order valence-corrected chi connectivity index (χ3v) is 6.41. The van der Waals surface area contributed by atoms with Gasteiger partial charge in [-0.15, -0.1) is 0 Å².